The molecule has 2 saturated carbocycles. The molecule has 2 unspecified atom stereocenters. The summed E-state index contributed by atoms with van der Waals surface area (Å²) in [4.78, 5) is 40.6. The molecule has 3 fully saturated rings. The fourth-order valence-electron chi connectivity index (χ4n) is 7.12. The summed E-state index contributed by atoms with van der Waals surface area (Å²) in [5, 5.41) is 19.1. The number of ether oxygens (including phenoxy) is 1. The van der Waals surface area contributed by atoms with Gasteiger partial charge < -0.3 is 30.7 Å². The van der Waals surface area contributed by atoms with Crippen LogP contribution in [0.15, 0.2) is 48.5 Å². The molecular formula is C33H39F3N4O5. The van der Waals surface area contributed by atoms with Gasteiger partial charge >= 0.3 is 18.3 Å². The van der Waals surface area contributed by atoms with Crippen LogP contribution in [0.25, 0.3) is 0 Å². The summed E-state index contributed by atoms with van der Waals surface area (Å²) in [6.07, 6.45) is -1.02. The maximum atomic E-state index is 13.8. The Morgan fingerprint density at radius 1 is 1.04 bits per heavy atom. The highest BCUT2D eigenvalue weighted by molar-refractivity contribution is 5.97. The molecule has 4 N–H and O–H groups in total. The lowest BCUT2D eigenvalue weighted by atomic mass is 9.78. The Kier molecular flexibility index (Phi) is 7.99. The van der Waals surface area contributed by atoms with Gasteiger partial charge in [0.2, 0.25) is 5.91 Å². The van der Waals surface area contributed by atoms with Crippen molar-refractivity contribution in [3.8, 4) is 0 Å². The van der Waals surface area contributed by atoms with Crippen molar-refractivity contribution in [2.45, 2.75) is 88.4 Å². The fraction of sp³-hybridized carbons (Fsp3) is 0.545. The number of nitrogens with one attached hydrogen (secondary N) is 3. The van der Waals surface area contributed by atoms with Gasteiger partial charge in [0.15, 0.2) is 0 Å². The van der Waals surface area contributed by atoms with E-state index in [1.807, 2.05) is 35.6 Å². The van der Waals surface area contributed by atoms with Gasteiger partial charge in [0.1, 0.15) is 18.7 Å². The smallest absolute Gasteiger partial charge is 0.410 e. The van der Waals surface area contributed by atoms with Gasteiger partial charge in [0, 0.05) is 5.69 Å². The average Bonchev–Trinajstić information content (AvgIpc) is 3.91. The van der Waals surface area contributed by atoms with Crippen LogP contribution in [0.3, 0.4) is 0 Å². The van der Waals surface area contributed by atoms with E-state index >= 15 is 0 Å². The SMILES string of the molecule is CC(C)(O)C1(N2CC(C(F)(F)F)NC2=O)Cc2ccc(NC(=O)[C@@H](NC(=O)OCc3ccccc3)C(C3CC3)C3CC3)cc2C1. The number of alkyl halides is 3. The number of nitrogens with zero attached hydrogens (tertiary/aromatic N) is 1. The summed E-state index contributed by atoms with van der Waals surface area (Å²) in [5.41, 5.74) is -0.0893. The van der Waals surface area contributed by atoms with Crippen molar-refractivity contribution >= 4 is 23.7 Å². The van der Waals surface area contributed by atoms with E-state index in [0.717, 1.165) is 41.7 Å². The van der Waals surface area contributed by atoms with Crippen LogP contribution in [0.2, 0.25) is 0 Å². The molecule has 2 aromatic rings. The van der Waals surface area contributed by atoms with Crippen LogP contribution in [-0.2, 0) is 29.0 Å². The largest absolute Gasteiger partial charge is 0.445 e. The minimum Gasteiger partial charge on any atom is -0.445 e. The Hall–Kier alpha value is -3.80. The zero-order chi connectivity index (χ0) is 32.1. The molecule has 6 rings (SSSR count). The van der Waals surface area contributed by atoms with Gasteiger partial charge in [0.25, 0.3) is 0 Å². The first-order valence-corrected chi connectivity index (χ1v) is 15.5. The molecule has 12 heteroatoms. The monoisotopic (exact) mass is 628 g/mol. The first kappa shape index (κ1) is 31.2. The number of urea groups is 1. The van der Waals surface area contributed by atoms with Crippen molar-refractivity contribution in [3.05, 3.63) is 65.2 Å². The highest BCUT2D eigenvalue weighted by Gasteiger charge is 2.59. The standard InChI is InChI=1S/C33H39F3N4O5/c1-31(2,44)32(40-17-25(33(34,35)36)38-29(40)42)15-22-12-13-24(14-23(22)16-32)37-28(41)27(26(20-8-9-20)21-10-11-21)39-30(43)45-18-19-6-4-3-5-7-19/h3-7,12-14,20-21,25-27,44H,8-11,15-18H2,1-2H3,(H,37,41)(H,38,42)(H,39,43)/t25?,27-,32?/m0/s1. The van der Waals surface area contributed by atoms with Crippen molar-refractivity contribution in [2.24, 2.45) is 17.8 Å². The van der Waals surface area contributed by atoms with Crippen LogP contribution >= 0.6 is 0 Å². The van der Waals surface area contributed by atoms with Crippen LogP contribution < -0.4 is 16.0 Å². The van der Waals surface area contributed by atoms with Crippen molar-refractivity contribution in [1.82, 2.24) is 15.5 Å². The van der Waals surface area contributed by atoms with Crippen LogP contribution in [0, 0.1) is 17.8 Å². The predicted octanol–water partition coefficient (Wildman–Crippen LogP) is 4.92. The zero-order valence-electron chi connectivity index (χ0n) is 25.3. The lowest BCUT2D eigenvalue weighted by molar-refractivity contribution is -0.153. The predicted molar refractivity (Wildman–Crippen MR) is 159 cm³/mol. The molecule has 242 valence electrons. The third-order valence-electron chi connectivity index (χ3n) is 9.88. The van der Waals surface area contributed by atoms with Gasteiger partial charge in [-0.3, -0.25) is 4.79 Å². The molecule has 3 aliphatic carbocycles. The summed E-state index contributed by atoms with van der Waals surface area (Å²) in [6.45, 7) is 2.46. The van der Waals surface area contributed by atoms with Crippen molar-refractivity contribution in [3.63, 3.8) is 0 Å². The molecule has 9 nitrogen and oxygen atoms in total. The number of carbonyl (C=O) groups excluding carboxylic acids is 3. The van der Waals surface area contributed by atoms with Gasteiger partial charge in [0.05, 0.1) is 17.7 Å². The van der Waals surface area contributed by atoms with Crippen LogP contribution in [0.4, 0.5) is 28.4 Å². The molecule has 4 aliphatic rings. The second-order valence-electron chi connectivity index (χ2n) is 13.5. The number of carbonyl (C=O) groups is 3. The Balaban J connectivity index is 1.19. The molecule has 1 aliphatic heterocycles. The second-order valence-corrected chi connectivity index (χ2v) is 13.5. The average molecular weight is 629 g/mol. The Labute approximate surface area is 259 Å². The topological polar surface area (TPSA) is 120 Å². The van der Waals surface area contributed by atoms with E-state index in [4.69, 9.17) is 4.74 Å². The number of anilines is 1. The summed E-state index contributed by atoms with van der Waals surface area (Å²) in [7, 11) is 0. The van der Waals surface area contributed by atoms with E-state index in [2.05, 4.69) is 10.6 Å². The van der Waals surface area contributed by atoms with Crippen molar-refractivity contribution in [2.75, 3.05) is 11.9 Å². The molecule has 45 heavy (non-hydrogen) atoms. The quantitative estimate of drug-likeness (QED) is 0.298. The van der Waals surface area contributed by atoms with Crippen LogP contribution in [0.1, 0.15) is 56.2 Å². The summed E-state index contributed by atoms with van der Waals surface area (Å²) in [6, 6.07) is 10.8. The van der Waals surface area contributed by atoms with E-state index in [1.165, 1.54) is 13.8 Å². The van der Waals surface area contributed by atoms with Gasteiger partial charge in [-0.2, -0.15) is 13.2 Å². The van der Waals surface area contributed by atoms with Crippen molar-refractivity contribution < 1.29 is 37.4 Å². The van der Waals surface area contributed by atoms with Crippen LogP contribution in [0.5, 0.6) is 0 Å². The molecule has 0 radical (unpaired) electrons. The molecular weight excluding hydrogens is 589 g/mol. The minimum atomic E-state index is -4.62. The van der Waals surface area contributed by atoms with E-state index < -0.39 is 48.1 Å². The lowest BCUT2D eigenvalue weighted by Crippen LogP contribution is -2.63. The normalized spacial score (nSPS) is 23.8. The second kappa shape index (κ2) is 11.5. The molecule has 3 atom stereocenters. The number of benzene rings is 2. The number of alkyl carbamates (subject to hydrolysis) is 1. The number of rotatable bonds is 10. The maximum absolute atomic E-state index is 13.8. The number of fused-ring (bicyclic) bond motifs is 1. The zero-order valence-corrected chi connectivity index (χ0v) is 25.3. The molecule has 0 bridgehead atoms. The van der Waals surface area contributed by atoms with Gasteiger partial charge in [-0.25, -0.2) is 9.59 Å². The third-order valence-corrected chi connectivity index (χ3v) is 9.88. The van der Waals surface area contributed by atoms with Gasteiger partial charge in [-0.1, -0.05) is 36.4 Å². The molecule has 0 aromatic heterocycles. The molecule has 2 aromatic carbocycles. The summed E-state index contributed by atoms with van der Waals surface area (Å²) >= 11 is 0. The van der Waals surface area contributed by atoms with Gasteiger partial charge in [-0.15, -0.1) is 0 Å². The summed E-state index contributed by atoms with van der Waals surface area (Å²) < 4.78 is 46.0. The van der Waals surface area contributed by atoms with E-state index in [1.54, 1.807) is 18.2 Å². The number of hydrogen-bond acceptors (Lipinski definition) is 5. The Morgan fingerprint density at radius 3 is 2.27 bits per heavy atom. The lowest BCUT2D eigenvalue weighted by Gasteiger charge is -2.46. The maximum Gasteiger partial charge on any atom is 0.410 e. The minimum absolute atomic E-state index is 0.0122. The number of halogens is 3. The Morgan fingerprint density at radius 2 is 1.69 bits per heavy atom. The van der Waals surface area contributed by atoms with Gasteiger partial charge in [-0.05, 0) is 98.9 Å². The van der Waals surface area contributed by atoms with Crippen molar-refractivity contribution in [1.29, 1.82) is 0 Å². The van der Waals surface area contributed by atoms with E-state index in [-0.39, 0.29) is 31.3 Å². The molecule has 4 amide bonds. The fourth-order valence-corrected chi connectivity index (χ4v) is 7.12. The first-order chi connectivity index (χ1) is 21.2. The van der Waals surface area contributed by atoms with E-state index in [9.17, 15) is 32.7 Å². The first-order valence-electron chi connectivity index (χ1n) is 15.5. The third kappa shape index (κ3) is 6.47. The number of amides is 4. The highest BCUT2D eigenvalue weighted by atomic mass is 19.4. The van der Waals surface area contributed by atoms with Crippen LogP contribution in [-0.4, -0.2) is 64.0 Å². The van der Waals surface area contributed by atoms with E-state index in [0.29, 0.717) is 23.1 Å². The molecule has 1 saturated heterocycles. The number of hydrogen-bond donors (Lipinski definition) is 4. The molecule has 1 heterocycles. The number of aliphatic hydroxyl groups is 1. The summed E-state index contributed by atoms with van der Waals surface area (Å²) in [5.74, 6) is 0.320. The highest BCUT2D eigenvalue weighted by Crippen LogP contribution is 2.51. The Bertz CT molecular complexity index is 1440. The molecule has 0 spiro atoms.